The number of hydrogen-bond donors (Lipinski definition) is 2. The molecule has 0 aliphatic heterocycles. The number of anilines is 1. The van der Waals surface area contributed by atoms with Gasteiger partial charge in [-0.05, 0) is 0 Å². The van der Waals surface area contributed by atoms with Gasteiger partial charge >= 0.3 is 5.97 Å². The third-order valence-corrected chi connectivity index (χ3v) is 3.51. The molecule has 1 aliphatic rings. The van der Waals surface area contributed by atoms with Crippen LogP contribution in [0.15, 0.2) is 0 Å². The lowest BCUT2D eigenvalue weighted by atomic mass is 9.90. The molecule has 1 atom stereocenters. The van der Waals surface area contributed by atoms with Gasteiger partial charge in [0, 0.05) is 19.8 Å². The van der Waals surface area contributed by atoms with Gasteiger partial charge in [0.1, 0.15) is 0 Å². The van der Waals surface area contributed by atoms with Gasteiger partial charge in [-0.25, -0.2) is 4.98 Å². The van der Waals surface area contributed by atoms with E-state index in [0.717, 1.165) is 11.3 Å². The predicted octanol–water partition coefficient (Wildman–Crippen LogP) is 0.931. The van der Waals surface area contributed by atoms with Gasteiger partial charge in [0.15, 0.2) is 10.9 Å². The van der Waals surface area contributed by atoms with Gasteiger partial charge in [0.05, 0.1) is 16.5 Å². The van der Waals surface area contributed by atoms with Crippen LogP contribution in [0.2, 0.25) is 0 Å². The molecule has 2 rings (SSSR count). The van der Waals surface area contributed by atoms with Gasteiger partial charge in [0.2, 0.25) is 5.91 Å². The summed E-state index contributed by atoms with van der Waals surface area (Å²) in [6.45, 7) is 1.35. The fourth-order valence-corrected chi connectivity index (χ4v) is 2.70. The smallest absolute Gasteiger partial charge is 0.307 e. The number of aliphatic carboxylic acids is 1. The molecule has 7 heteroatoms. The Kier molecular flexibility index (Phi) is 2.93. The summed E-state index contributed by atoms with van der Waals surface area (Å²) in [5, 5.41) is 11.7. The number of amides is 1. The molecule has 2 N–H and O–H groups in total. The van der Waals surface area contributed by atoms with Crippen molar-refractivity contribution in [2.24, 2.45) is 5.92 Å². The summed E-state index contributed by atoms with van der Waals surface area (Å²) in [4.78, 5) is 37.9. The Labute approximate surface area is 101 Å². The van der Waals surface area contributed by atoms with Crippen molar-refractivity contribution in [3.05, 3.63) is 10.6 Å². The molecule has 17 heavy (non-hydrogen) atoms. The van der Waals surface area contributed by atoms with Crippen molar-refractivity contribution >= 4 is 34.1 Å². The summed E-state index contributed by atoms with van der Waals surface area (Å²) < 4.78 is 0. The number of carboxylic acids is 1. The van der Waals surface area contributed by atoms with E-state index in [2.05, 4.69) is 10.3 Å². The van der Waals surface area contributed by atoms with Crippen LogP contribution in [0.3, 0.4) is 0 Å². The number of thiazole rings is 1. The lowest BCUT2D eigenvalue weighted by Crippen LogP contribution is -2.25. The van der Waals surface area contributed by atoms with Crippen LogP contribution >= 0.6 is 11.3 Å². The molecule has 1 amide bonds. The molecular weight excluding hydrogens is 244 g/mol. The minimum atomic E-state index is -0.988. The minimum Gasteiger partial charge on any atom is -0.481 e. The second-order valence-electron chi connectivity index (χ2n) is 3.84. The number of aromatic nitrogens is 1. The summed E-state index contributed by atoms with van der Waals surface area (Å²) in [5.74, 6) is -2.17. The summed E-state index contributed by atoms with van der Waals surface area (Å²) in [7, 11) is 0. The van der Waals surface area contributed by atoms with Crippen LogP contribution in [0, 0.1) is 5.92 Å². The van der Waals surface area contributed by atoms with Crippen molar-refractivity contribution in [1.29, 1.82) is 0 Å². The lowest BCUT2D eigenvalue weighted by Gasteiger charge is -2.15. The Balaban J connectivity index is 2.29. The van der Waals surface area contributed by atoms with E-state index >= 15 is 0 Å². The third-order valence-electron chi connectivity index (χ3n) is 2.45. The van der Waals surface area contributed by atoms with Gasteiger partial charge in [-0.15, -0.1) is 0 Å². The molecule has 0 saturated heterocycles. The molecule has 1 aromatic heterocycles. The van der Waals surface area contributed by atoms with Gasteiger partial charge in [-0.1, -0.05) is 11.3 Å². The van der Waals surface area contributed by atoms with E-state index in [0.29, 0.717) is 15.7 Å². The summed E-state index contributed by atoms with van der Waals surface area (Å²) >= 11 is 1.10. The monoisotopic (exact) mass is 254 g/mol. The molecule has 0 unspecified atom stereocenters. The zero-order valence-corrected chi connectivity index (χ0v) is 9.84. The summed E-state index contributed by atoms with van der Waals surface area (Å²) in [6, 6.07) is 0. The molecule has 1 aliphatic carbocycles. The predicted molar refractivity (Wildman–Crippen MR) is 60.2 cm³/mol. The Bertz CT molecular complexity index is 508. The average molecular weight is 254 g/mol. The number of fused-ring (bicyclic) bond motifs is 1. The Morgan fingerprint density at radius 1 is 1.47 bits per heavy atom. The van der Waals surface area contributed by atoms with E-state index in [1.54, 1.807) is 0 Å². The minimum absolute atomic E-state index is 0.00401. The Morgan fingerprint density at radius 2 is 2.18 bits per heavy atom. The number of hydrogen-bond acceptors (Lipinski definition) is 5. The first-order valence-electron chi connectivity index (χ1n) is 5.00. The van der Waals surface area contributed by atoms with Crippen LogP contribution in [0.1, 0.15) is 28.7 Å². The number of rotatable bonds is 2. The standard InChI is InChI=1S/C10H10N2O4S/c1-4(13)11-10-12-6-2-5(9(15)16)3-7(14)8(6)17-10/h5H,2-3H2,1H3,(H,15,16)(H,11,12,13)/t5-/m0/s1. The quantitative estimate of drug-likeness (QED) is 0.818. The highest BCUT2D eigenvalue weighted by Gasteiger charge is 2.32. The number of carbonyl (C=O) groups is 3. The highest BCUT2D eigenvalue weighted by atomic mass is 32.1. The molecule has 0 aromatic carbocycles. The Hall–Kier alpha value is -1.76. The van der Waals surface area contributed by atoms with Crippen LogP contribution in [-0.4, -0.2) is 27.8 Å². The number of carbonyl (C=O) groups excluding carboxylic acids is 2. The molecule has 0 bridgehead atoms. The fourth-order valence-electron chi connectivity index (χ4n) is 1.71. The van der Waals surface area contributed by atoms with Crippen LogP contribution in [0.25, 0.3) is 0 Å². The molecular formula is C10H10N2O4S. The molecule has 0 spiro atoms. The maximum atomic E-state index is 11.7. The molecule has 6 nitrogen and oxygen atoms in total. The maximum absolute atomic E-state index is 11.7. The van der Waals surface area contributed by atoms with Crippen LogP contribution in [-0.2, 0) is 16.0 Å². The van der Waals surface area contributed by atoms with Crippen molar-refractivity contribution in [2.75, 3.05) is 5.32 Å². The van der Waals surface area contributed by atoms with Crippen molar-refractivity contribution in [3.8, 4) is 0 Å². The van der Waals surface area contributed by atoms with E-state index < -0.39 is 11.9 Å². The van der Waals surface area contributed by atoms with E-state index in [4.69, 9.17) is 5.11 Å². The zero-order chi connectivity index (χ0) is 12.6. The maximum Gasteiger partial charge on any atom is 0.307 e. The average Bonchev–Trinajstić information content (AvgIpc) is 2.59. The first-order chi connectivity index (χ1) is 7.97. The number of Topliss-reactive ketones (excluding diaryl/α,β-unsaturated/α-hetero) is 1. The SMILES string of the molecule is CC(=O)Nc1nc2c(s1)C(=O)C[C@@H](C(=O)O)C2. The van der Waals surface area contributed by atoms with Crippen molar-refractivity contribution < 1.29 is 19.5 Å². The zero-order valence-electron chi connectivity index (χ0n) is 9.02. The molecule has 0 fully saturated rings. The topological polar surface area (TPSA) is 96.4 Å². The highest BCUT2D eigenvalue weighted by Crippen LogP contribution is 2.32. The third kappa shape index (κ3) is 2.33. The lowest BCUT2D eigenvalue weighted by molar-refractivity contribution is -0.141. The van der Waals surface area contributed by atoms with Crippen LogP contribution in [0.4, 0.5) is 5.13 Å². The first-order valence-corrected chi connectivity index (χ1v) is 5.82. The van der Waals surface area contributed by atoms with E-state index in [9.17, 15) is 14.4 Å². The van der Waals surface area contributed by atoms with Gasteiger partial charge < -0.3 is 10.4 Å². The molecule has 0 radical (unpaired) electrons. The number of nitrogens with one attached hydrogen (secondary N) is 1. The van der Waals surface area contributed by atoms with Crippen LogP contribution < -0.4 is 5.32 Å². The number of carboxylic acid groups (broad SMARTS) is 1. The van der Waals surface area contributed by atoms with Gasteiger partial charge in [-0.2, -0.15) is 0 Å². The van der Waals surface area contributed by atoms with Gasteiger partial charge in [0.25, 0.3) is 0 Å². The molecule has 1 aromatic rings. The Morgan fingerprint density at radius 3 is 2.76 bits per heavy atom. The molecule has 1 heterocycles. The molecule has 90 valence electrons. The fraction of sp³-hybridized carbons (Fsp3) is 0.400. The van der Waals surface area contributed by atoms with E-state index in [-0.39, 0.29) is 24.5 Å². The summed E-state index contributed by atoms with van der Waals surface area (Å²) in [6.07, 6.45) is 0.247. The van der Waals surface area contributed by atoms with E-state index in [1.165, 1.54) is 6.92 Å². The van der Waals surface area contributed by atoms with Crippen molar-refractivity contribution in [3.63, 3.8) is 0 Å². The number of nitrogens with zero attached hydrogens (tertiary/aromatic N) is 1. The summed E-state index contributed by atoms with van der Waals surface area (Å²) in [5.41, 5.74) is 0.474. The highest BCUT2D eigenvalue weighted by molar-refractivity contribution is 7.17. The number of ketones is 1. The van der Waals surface area contributed by atoms with Gasteiger partial charge in [-0.3, -0.25) is 14.4 Å². The van der Waals surface area contributed by atoms with Crippen molar-refractivity contribution in [2.45, 2.75) is 19.8 Å². The van der Waals surface area contributed by atoms with E-state index in [1.807, 2.05) is 0 Å². The second kappa shape index (κ2) is 4.25. The van der Waals surface area contributed by atoms with Crippen molar-refractivity contribution in [1.82, 2.24) is 4.98 Å². The first kappa shape index (κ1) is 11.7. The van der Waals surface area contributed by atoms with Crippen LogP contribution in [0.5, 0.6) is 0 Å². The largest absolute Gasteiger partial charge is 0.481 e. The normalized spacial score (nSPS) is 18.6. The molecule has 0 saturated carbocycles. The second-order valence-corrected chi connectivity index (χ2v) is 4.84.